The molecule has 0 aromatic heterocycles. The van der Waals surface area contributed by atoms with Crippen LogP contribution in [0.15, 0.2) is 0 Å². The summed E-state index contributed by atoms with van der Waals surface area (Å²) in [5.41, 5.74) is 0. The van der Waals surface area contributed by atoms with Crippen molar-refractivity contribution >= 4 is 39.5 Å². The number of carbonyl (C=O) groups is 4. The van der Waals surface area contributed by atoms with E-state index in [0.29, 0.717) is 25.7 Å². The van der Waals surface area contributed by atoms with Crippen molar-refractivity contribution in [1.82, 2.24) is 0 Å². The fourth-order valence-corrected chi connectivity index (χ4v) is 13.6. The molecule has 97 heavy (non-hydrogen) atoms. The number of aliphatic hydroxyl groups is 1. The predicted molar refractivity (Wildman–Crippen MR) is 395 cm³/mol. The Hall–Kier alpha value is -1.94. The van der Waals surface area contributed by atoms with Gasteiger partial charge in [0.25, 0.3) is 0 Å². The van der Waals surface area contributed by atoms with E-state index in [9.17, 15) is 43.2 Å². The van der Waals surface area contributed by atoms with Gasteiger partial charge >= 0.3 is 39.5 Å². The van der Waals surface area contributed by atoms with Crippen molar-refractivity contribution in [3.8, 4) is 0 Å². The van der Waals surface area contributed by atoms with Crippen LogP contribution in [0.3, 0.4) is 0 Å². The Morgan fingerprint density at radius 1 is 0.278 bits per heavy atom. The van der Waals surface area contributed by atoms with E-state index in [2.05, 4.69) is 41.5 Å². The third kappa shape index (κ3) is 72.2. The highest BCUT2D eigenvalue weighted by atomic mass is 31.2. The molecule has 0 aliphatic heterocycles. The Kier molecular flexibility index (Phi) is 68.4. The van der Waals surface area contributed by atoms with E-state index in [1.54, 1.807) is 0 Å². The summed E-state index contributed by atoms with van der Waals surface area (Å²) in [5, 5.41) is 10.6. The molecule has 17 nitrogen and oxygen atoms in total. The number of hydrogen-bond donors (Lipinski definition) is 3. The second-order valence-corrected chi connectivity index (χ2v) is 32.0. The third-order valence-electron chi connectivity index (χ3n) is 18.2. The first-order valence-electron chi connectivity index (χ1n) is 40.5. The molecule has 0 saturated heterocycles. The second-order valence-electron chi connectivity index (χ2n) is 29.1. The van der Waals surface area contributed by atoms with Crippen molar-refractivity contribution < 1.29 is 80.2 Å². The Morgan fingerprint density at radius 3 is 0.701 bits per heavy atom. The molecule has 0 saturated carbocycles. The van der Waals surface area contributed by atoms with E-state index in [1.807, 2.05) is 0 Å². The second kappa shape index (κ2) is 69.8. The number of carbonyl (C=O) groups excluding carboxylic acids is 4. The summed E-state index contributed by atoms with van der Waals surface area (Å²) in [7, 11) is -9.91. The zero-order chi connectivity index (χ0) is 71.4. The highest BCUT2D eigenvalue weighted by Gasteiger charge is 2.30. The van der Waals surface area contributed by atoms with Gasteiger partial charge in [-0.25, -0.2) is 9.13 Å². The van der Waals surface area contributed by atoms with Gasteiger partial charge in [0, 0.05) is 25.7 Å². The number of ether oxygens (including phenoxy) is 4. The predicted octanol–water partition coefficient (Wildman–Crippen LogP) is 23.1. The summed E-state index contributed by atoms with van der Waals surface area (Å²) in [6.07, 6.45) is 58.1. The maximum Gasteiger partial charge on any atom is 0.472 e. The maximum atomic E-state index is 13.1. The summed E-state index contributed by atoms with van der Waals surface area (Å²) in [4.78, 5) is 72.9. The van der Waals surface area contributed by atoms with Crippen molar-refractivity contribution in [2.24, 2.45) is 11.8 Å². The Balaban J connectivity index is 5.24. The van der Waals surface area contributed by atoms with Gasteiger partial charge in [0.1, 0.15) is 19.3 Å². The average Bonchev–Trinajstić information content (AvgIpc) is 3.70. The summed E-state index contributed by atoms with van der Waals surface area (Å²) in [5.74, 6) is -0.530. The Labute approximate surface area is 594 Å². The number of aliphatic hydroxyl groups excluding tert-OH is 1. The zero-order valence-electron chi connectivity index (χ0n) is 63.4. The van der Waals surface area contributed by atoms with E-state index in [0.717, 1.165) is 102 Å². The Bertz CT molecular complexity index is 1870. The van der Waals surface area contributed by atoms with Crippen LogP contribution in [0.4, 0.5) is 0 Å². The first-order valence-corrected chi connectivity index (χ1v) is 43.5. The molecule has 5 atom stereocenters. The van der Waals surface area contributed by atoms with Crippen molar-refractivity contribution in [3.05, 3.63) is 0 Å². The topological polar surface area (TPSA) is 237 Å². The number of hydrogen-bond acceptors (Lipinski definition) is 15. The monoisotopic (exact) mass is 1420 g/mol. The number of esters is 4. The van der Waals surface area contributed by atoms with Crippen LogP contribution in [0.5, 0.6) is 0 Å². The molecule has 0 spiro atoms. The van der Waals surface area contributed by atoms with E-state index in [4.69, 9.17) is 37.0 Å². The van der Waals surface area contributed by atoms with Crippen LogP contribution in [0.25, 0.3) is 0 Å². The van der Waals surface area contributed by atoms with Gasteiger partial charge in [-0.05, 0) is 37.5 Å². The van der Waals surface area contributed by atoms with Gasteiger partial charge < -0.3 is 33.8 Å². The van der Waals surface area contributed by atoms with Gasteiger partial charge in [-0.1, -0.05) is 356 Å². The molecule has 0 heterocycles. The van der Waals surface area contributed by atoms with Gasteiger partial charge in [0.15, 0.2) is 12.2 Å². The summed E-state index contributed by atoms with van der Waals surface area (Å²) < 4.78 is 68.6. The van der Waals surface area contributed by atoms with E-state index in [-0.39, 0.29) is 25.7 Å². The molecule has 0 amide bonds. The number of rotatable bonds is 77. The summed E-state index contributed by atoms with van der Waals surface area (Å²) in [6.45, 7) is 9.65. The molecule has 2 unspecified atom stereocenters. The summed E-state index contributed by atoms with van der Waals surface area (Å²) in [6, 6.07) is 0. The standard InChI is InChI=1S/C78H152O17P2/c1-7-9-11-13-15-17-19-30-36-42-48-54-60-75(80)88-66-73(94-77(82)62-56-50-44-38-31-20-18-16-14-12-10-8-2)68-92-96(84,85)90-64-72(79)65-91-97(86,87)93-69-74(67-89-76(81)61-55-49-43-37-33-27-29-35-41-47-53-59-71(5)6)95-78(83)63-57-51-45-39-32-26-24-22-21-23-25-28-34-40-46-52-58-70(3)4/h70-74,79H,7-69H2,1-6H3,(H,84,85)(H,86,87)/t72-,73+,74+/m0/s1. The number of phosphoric acid groups is 2. The highest BCUT2D eigenvalue weighted by Crippen LogP contribution is 2.45. The Morgan fingerprint density at radius 2 is 0.474 bits per heavy atom. The molecule has 3 N–H and O–H groups in total. The minimum absolute atomic E-state index is 0.108. The summed E-state index contributed by atoms with van der Waals surface area (Å²) >= 11 is 0. The highest BCUT2D eigenvalue weighted by molar-refractivity contribution is 7.47. The molecule has 0 rings (SSSR count). The first-order chi connectivity index (χ1) is 46.9. The lowest BCUT2D eigenvalue weighted by Gasteiger charge is -2.21. The van der Waals surface area contributed by atoms with Crippen LogP contribution in [-0.4, -0.2) is 96.7 Å². The quantitative estimate of drug-likeness (QED) is 0.0222. The largest absolute Gasteiger partial charge is 0.472 e. The lowest BCUT2D eigenvalue weighted by molar-refractivity contribution is -0.161. The molecule has 0 aromatic carbocycles. The van der Waals surface area contributed by atoms with Crippen LogP contribution in [0, 0.1) is 11.8 Å². The zero-order valence-corrected chi connectivity index (χ0v) is 65.2. The first kappa shape index (κ1) is 95.1. The van der Waals surface area contributed by atoms with Crippen molar-refractivity contribution in [2.45, 2.75) is 426 Å². The molecule has 19 heteroatoms. The number of unbranched alkanes of at least 4 members (excludes halogenated alkanes) is 47. The third-order valence-corrected chi connectivity index (χ3v) is 20.1. The average molecular weight is 1420 g/mol. The minimum Gasteiger partial charge on any atom is -0.462 e. The van der Waals surface area contributed by atoms with Gasteiger partial charge in [-0.3, -0.25) is 37.3 Å². The van der Waals surface area contributed by atoms with Crippen LogP contribution >= 0.6 is 15.6 Å². The molecule has 0 aromatic rings. The fourth-order valence-electron chi connectivity index (χ4n) is 12.0. The molecule has 0 fully saturated rings. The molecular weight excluding hydrogens is 1270 g/mol. The molecule has 576 valence electrons. The van der Waals surface area contributed by atoms with Crippen LogP contribution in [0.2, 0.25) is 0 Å². The maximum absolute atomic E-state index is 13.1. The van der Waals surface area contributed by atoms with Gasteiger partial charge in [0.05, 0.1) is 26.4 Å². The molecule has 0 bridgehead atoms. The normalized spacial score (nSPS) is 14.0. The van der Waals surface area contributed by atoms with Crippen LogP contribution < -0.4 is 0 Å². The van der Waals surface area contributed by atoms with Crippen molar-refractivity contribution in [3.63, 3.8) is 0 Å². The van der Waals surface area contributed by atoms with Crippen molar-refractivity contribution in [1.29, 1.82) is 0 Å². The van der Waals surface area contributed by atoms with Gasteiger partial charge in [-0.2, -0.15) is 0 Å². The fraction of sp³-hybridized carbons (Fsp3) is 0.949. The molecule has 0 aliphatic rings. The molecular formula is C78H152O17P2. The SMILES string of the molecule is CCCCCCCCCCCCCCC(=O)OC[C@H](COP(=O)(O)OC[C@H](O)COP(=O)(O)OC[C@@H](COC(=O)CCCCCCCCCCCCCC(C)C)OC(=O)CCCCCCCCCCCCCCCCCCC(C)C)OC(=O)CCCCCCCCCCCCCC. The van der Waals surface area contributed by atoms with Gasteiger partial charge in [0.2, 0.25) is 0 Å². The van der Waals surface area contributed by atoms with Crippen LogP contribution in [0.1, 0.15) is 408 Å². The van der Waals surface area contributed by atoms with E-state index in [1.165, 1.54) is 225 Å². The van der Waals surface area contributed by atoms with Gasteiger partial charge in [-0.15, -0.1) is 0 Å². The lowest BCUT2D eigenvalue weighted by atomic mass is 10.0. The van der Waals surface area contributed by atoms with E-state index < -0.39 is 97.5 Å². The van der Waals surface area contributed by atoms with E-state index >= 15 is 0 Å². The van der Waals surface area contributed by atoms with Crippen LogP contribution in [-0.2, 0) is 65.4 Å². The lowest BCUT2D eigenvalue weighted by Crippen LogP contribution is -2.30. The molecule has 0 aliphatic carbocycles. The van der Waals surface area contributed by atoms with Crippen molar-refractivity contribution in [2.75, 3.05) is 39.6 Å². The molecule has 0 radical (unpaired) electrons. The minimum atomic E-state index is -4.96. The smallest absolute Gasteiger partial charge is 0.462 e. The number of phosphoric ester groups is 2.